The molecule has 0 saturated carbocycles. The maximum Gasteiger partial charge on any atom is 0.243 e. The molecule has 1 aromatic carbocycles. The molecule has 112 valence electrons. The minimum atomic E-state index is -3.47. The Balaban J connectivity index is 2.59. The molecule has 0 bridgehead atoms. The summed E-state index contributed by atoms with van der Waals surface area (Å²) in [6.45, 7) is 10.2. The van der Waals surface area contributed by atoms with Gasteiger partial charge in [0.25, 0.3) is 0 Å². The van der Waals surface area contributed by atoms with Crippen LogP contribution in [0.3, 0.4) is 0 Å². The summed E-state index contributed by atoms with van der Waals surface area (Å²) in [4.78, 5) is 0.390. The third-order valence-corrected chi connectivity index (χ3v) is 6.52. The summed E-state index contributed by atoms with van der Waals surface area (Å²) in [5, 5.41) is 0. The van der Waals surface area contributed by atoms with E-state index in [2.05, 4.69) is 6.92 Å². The van der Waals surface area contributed by atoms with Gasteiger partial charge in [0, 0.05) is 18.3 Å². The summed E-state index contributed by atoms with van der Waals surface area (Å²) in [6, 6.07) is 1.91. The van der Waals surface area contributed by atoms with Crippen molar-refractivity contribution in [3.8, 4) is 0 Å². The van der Waals surface area contributed by atoms with Gasteiger partial charge >= 0.3 is 0 Å². The fourth-order valence-corrected chi connectivity index (χ4v) is 5.50. The summed E-state index contributed by atoms with van der Waals surface area (Å²) < 4.78 is 27.6. The third kappa shape index (κ3) is 2.33. The lowest BCUT2D eigenvalue weighted by atomic mass is 10.1. The lowest BCUT2D eigenvalue weighted by molar-refractivity contribution is 0.405. The fraction of sp³-hybridized carbons (Fsp3) is 0.600. The van der Waals surface area contributed by atoms with E-state index in [0.29, 0.717) is 28.6 Å². The van der Waals surface area contributed by atoms with Crippen molar-refractivity contribution in [3.63, 3.8) is 0 Å². The van der Waals surface area contributed by atoms with Crippen molar-refractivity contribution in [2.24, 2.45) is 5.92 Å². The Kier molecular flexibility index (Phi) is 3.86. The van der Waals surface area contributed by atoms with Crippen molar-refractivity contribution in [3.05, 3.63) is 22.8 Å². The number of nitrogens with zero attached hydrogens (tertiary/aromatic N) is 1. The van der Waals surface area contributed by atoms with Crippen molar-refractivity contribution in [2.75, 3.05) is 12.3 Å². The molecule has 1 saturated heterocycles. The Labute approximate surface area is 122 Å². The van der Waals surface area contributed by atoms with Crippen molar-refractivity contribution in [1.82, 2.24) is 4.31 Å². The number of aryl methyl sites for hydroxylation is 2. The lowest BCUT2D eigenvalue weighted by Gasteiger charge is -2.24. The van der Waals surface area contributed by atoms with Crippen molar-refractivity contribution < 1.29 is 8.42 Å². The van der Waals surface area contributed by atoms with Gasteiger partial charge in [0.15, 0.2) is 0 Å². The summed E-state index contributed by atoms with van der Waals surface area (Å²) in [6.07, 6.45) is 0.915. The average Bonchev–Trinajstić information content (AvgIpc) is 2.66. The molecule has 5 heteroatoms. The van der Waals surface area contributed by atoms with E-state index in [0.717, 1.165) is 17.5 Å². The predicted molar refractivity (Wildman–Crippen MR) is 82.2 cm³/mol. The molecule has 2 atom stereocenters. The first-order chi connectivity index (χ1) is 9.16. The molecule has 0 aromatic heterocycles. The van der Waals surface area contributed by atoms with Crippen LogP contribution in [0.2, 0.25) is 0 Å². The number of hydrogen-bond acceptors (Lipinski definition) is 3. The normalized spacial score (nSPS) is 24.2. The molecule has 1 heterocycles. The fourth-order valence-electron chi connectivity index (χ4n) is 3.29. The minimum Gasteiger partial charge on any atom is -0.398 e. The summed E-state index contributed by atoms with van der Waals surface area (Å²) >= 11 is 0. The molecule has 2 N–H and O–H groups in total. The molecule has 0 radical (unpaired) electrons. The molecule has 0 spiro atoms. The highest BCUT2D eigenvalue weighted by molar-refractivity contribution is 7.89. The SMILES string of the molecule is Cc1cc(C)c(S(=O)(=O)N2CC(C)CC2C)c(C)c1N. The van der Waals surface area contributed by atoms with Crippen LogP contribution in [0.15, 0.2) is 11.0 Å². The van der Waals surface area contributed by atoms with Crippen LogP contribution in [0.5, 0.6) is 0 Å². The van der Waals surface area contributed by atoms with Crippen LogP contribution in [0.4, 0.5) is 5.69 Å². The van der Waals surface area contributed by atoms with Crippen LogP contribution in [-0.4, -0.2) is 25.3 Å². The van der Waals surface area contributed by atoms with Crippen molar-refractivity contribution in [2.45, 2.75) is 52.0 Å². The van der Waals surface area contributed by atoms with Crippen LogP contribution in [0.1, 0.15) is 37.0 Å². The van der Waals surface area contributed by atoms with Gasteiger partial charge in [0.05, 0.1) is 4.90 Å². The van der Waals surface area contributed by atoms with E-state index in [4.69, 9.17) is 5.73 Å². The number of nitrogen functional groups attached to an aromatic ring is 1. The quantitative estimate of drug-likeness (QED) is 0.853. The highest BCUT2D eigenvalue weighted by Gasteiger charge is 2.37. The molecule has 2 rings (SSSR count). The maximum atomic E-state index is 13.0. The third-order valence-electron chi connectivity index (χ3n) is 4.25. The van der Waals surface area contributed by atoms with Crippen LogP contribution < -0.4 is 5.73 Å². The molecule has 1 aromatic rings. The highest BCUT2D eigenvalue weighted by Crippen LogP contribution is 2.34. The van der Waals surface area contributed by atoms with Crippen LogP contribution in [0, 0.1) is 26.7 Å². The first-order valence-corrected chi connectivity index (χ1v) is 8.48. The van der Waals surface area contributed by atoms with Crippen LogP contribution >= 0.6 is 0 Å². The van der Waals surface area contributed by atoms with Crippen LogP contribution in [-0.2, 0) is 10.0 Å². The van der Waals surface area contributed by atoms with Crippen molar-refractivity contribution >= 4 is 15.7 Å². The van der Waals surface area contributed by atoms with Gasteiger partial charge in [-0.25, -0.2) is 8.42 Å². The lowest BCUT2D eigenvalue weighted by Crippen LogP contribution is -2.35. The molecule has 0 amide bonds. The van der Waals surface area contributed by atoms with Gasteiger partial charge in [-0.3, -0.25) is 0 Å². The first-order valence-electron chi connectivity index (χ1n) is 7.04. The Bertz CT molecular complexity index is 638. The van der Waals surface area contributed by atoms with Gasteiger partial charge in [0.2, 0.25) is 10.0 Å². The monoisotopic (exact) mass is 296 g/mol. The number of nitrogens with two attached hydrogens (primary N) is 1. The minimum absolute atomic E-state index is 0.0522. The van der Waals surface area contributed by atoms with Crippen molar-refractivity contribution in [1.29, 1.82) is 0 Å². The van der Waals surface area contributed by atoms with E-state index in [9.17, 15) is 8.42 Å². The molecule has 1 aliphatic rings. The van der Waals surface area contributed by atoms with E-state index in [1.54, 1.807) is 11.2 Å². The van der Waals surface area contributed by atoms with E-state index in [1.165, 1.54) is 0 Å². The number of benzene rings is 1. The Morgan fingerprint density at radius 2 is 1.80 bits per heavy atom. The smallest absolute Gasteiger partial charge is 0.243 e. The largest absolute Gasteiger partial charge is 0.398 e. The van der Waals surface area contributed by atoms with Gasteiger partial charge in [-0.2, -0.15) is 4.31 Å². The highest BCUT2D eigenvalue weighted by atomic mass is 32.2. The first kappa shape index (κ1) is 15.3. The standard InChI is InChI=1S/C15H24N2O2S/c1-9-6-12(4)17(8-9)20(18,19)15-11(3)7-10(2)14(16)13(15)5/h7,9,12H,6,8,16H2,1-5H3. The zero-order chi connectivity index (χ0) is 15.2. The average molecular weight is 296 g/mol. The van der Waals surface area contributed by atoms with Gasteiger partial charge in [-0.1, -0.05) is 13.0 Å². The van der Waals surface area contributed by atoms with Gasteiger partial charge in [0.1, 0.15) is 0 Å². The second kappa shape index (κ2) is 5.04. The van der Waals surface area contributed by atoms with E-state index in [1.807, 2.05) is 26.8 Å². The van der Waals surface area contributed by atoms with Gasteiger partial charge < -0.3 is 5.73 Å². The Morgan fingerprint density at radius 1 is 1.20 bits per heavy atom. The number of anilines is 1. The van der Waals surface area contributed by atoms with E-state index < -0.39 is 10.0 Å². The molecular formula is C15H24N2O2S. The van der Waals surface area contributed by atoms with Crippen LogP contribution in [0.25, 0.3) is 0 Å². The molecule has 1 aliphatic heterocycles. The number of sulfonamides is 1. The zero-order valence-electron chi connectivity index (χ0n) is 12.9. The van der Waals surface area contributed by atoms with E-state index in [-0.39, 0.29) is 6.04 Å². The predicted octanol–water partition coefficient (Wildman–Crippen LogP) is 2.61. The molecule has 4 nitrogen and oxygen atoms in total. The summed E-state index contributed by atoms with van der Waals surface area (Å²) in [5.41, 5.74) is 8.99. The number of rotatable bonds is 2. The molecule has 1 fully saturated rings. The molecule has 20 heavy (non-hydrogen) atoms. The Morgan fingerprint density at radius 3 is 2.30 bits per heavy atom. The zero-order valence-corrected chi connectivity index (χ0v) is 13.7. The summed E-state index contributed by atoms with van der Waals surface area (Å²) in [7, 11) is -3.47. The molecule has 0 aliphatic carbocycles. The second-order valence-corrected chi connectivity index (χ2v) is 7.97. The maximum absolute atomic E-state index is 13.0. The molecule has 2 unspecified atom stereocenters. The topological polar surface area (TPSA) is 63.4 Å². The number of hydrogen-bond donors (Lipinski definition) is 1. The van der Waals surface area contributed by atoms with E-state index >= 15 is 0 Å². The van der Waals surface area contributed by atoms with Gasteiger partial charge in [-0.15, -0.1) is 0 Å². The Hall–Kier alpha value is -1.07. The molecular weight excluding hydrogens is 272 g/mol. The second-order valence-electron chi connectivity index (χ2n) is 6.14. The van der Waals surface area contributed by atoms with Gasteiger partial charge in [-0.05, 0) is 56.7 Å². The summed E-state index contributed by atoms with van der Waals surface area (Å²) in [5.74, 6) is 0.406.